The topological polar surface area (TPSA) is 69.6 Å². The predicted octanol–water partition coefficient (Wildman–Crippen LogP) is 0.459. The number of para-hydroxylation sites is 1. The number of benzene rings is 1. The molecule has 0 bridgehead atoms. The number of hydrogen-bond donors (Lipinski definition) is 1. The Hall–Kier alpha value is -1.91. The summed E-state index contributed by atoms with van der Waals surface area (Å²) in [6, 6.07) is 7.49. The van der Waals surface area contributed by atoms with Crippen LogP contribution >= 0.6 is 0 Å². The minimum atomic E-state index is 0.679. The highest BCUT2D eigenvalue weighted by Crippen LogP contribution is 2.21. The van der Waals surface area contributed by atoms with Crippen molar-refractivity contribution < 1.29 is 0 Å². The van der Waals surface area contributed by atoms with Gasteiger partial charge in [0.2, 0.25) is 0 Å². The van der Waals surface area contributed by atoms with E-state index in [1.165, 1.54) is 0 Å². The first-order valence-electron chi connectivity index (χ1n) is 3.86. The smallest absolute Gasteiger partial charge is 0.183 e. The van der Waals surface area contributed by atoms with Crippen molar-refractivity contribution in [3.05, 3.63) is 24.3 Å². The van der Waals surface area contributed by atoms with Gasteiger partial charge < -0.3 is 5.73 Å². The van der Waals surface area contributed by atoms with Crippen molar-refractivity contribution in [1.29, 1.82) is 0 Å². The molecule has 0 saturated heterocycles. The molecule has 0 saturated carbocycles. The van der Waals surface area contributed by atoms with Crippen molar-refractivity contribution >= 4 is 5.69 Å². The number of hydrogen-bond acceptors (Lipinski definition) is 4. The van der Waals surface area contributed by atoms with E-state index in [0.29, 0.717) is 11.5 Å². The van der Waals surface area contributed by atoms with Gasteiger partial charge in [0.25, 0.3) is 0 Å². The summed E-state index contributed by atoms with van der Waals surface area (Å²) in [4.78, 5) is 0. The zero-order valence-electron chi connectivity index (χ0n) is 7.18. The zero-order valence-corrected chi connectivity index (χ0v) is 7.18. The first kappa shape index (κ1) is 7.72. The molecule has 0 unspecified atom stereocenters. The molecule has 2 aromatic rings. The van der Waals surface area contributed by atoms with E-state index >= 15 is 0 Å². The van der Waals surface area contributed by atoms with Crippen molar-refractivity contribution in [3.63, 3.8) is 0 Å². The van der Waals surface area contributed by atoms with Crippen LogP contribution in [-0.2, 0) is 7.05 Å². The molecule has 0 aliphatic carbocycles. The minimum Gasteiger partial charge on any atom is -0.398 e. The molecule has 0 radical (unpaired) electrons. The predicted molar refractivity (Wildman–Crippen MR) is 48.6 cm³/mol. The summed E-state index contributed by atoms with van der Waals surface area (Å²) in [6.45, 7) is 0. The number of nitrogens with two attached hydrogens (primary N) is 1. The number of rotatable bonds is 1. The second-order valence-electron chi connectivity index (χ2n) is 2.71. The molecule has 2 N–H and O–H groups in total. The molecule has 0 aliphatic heterocycles. The van der Waals surface area contributed by atoms with Gasteiger partial charge in [0.1, 0.15) is 0 Å². The third-order valence-corrected chi connectivity index (χ3v) is 1.82. The van der Waals surface area contributed by atoms with Crippen molar-refractivity contribution in [1.82, 2.24) is 20.2 Å². The maximum atomic E-state index is 5.77. The molecule has 66 valence electrons. The molecule has 0 atom stereocenters. The number of nitrogen functional groups attached to an aromatic ring is 1. The molecule has 0 aliphatic rings. The summed E-state index contributed by atoms with van der Waals surface area (Å²) in [7, 11) is 1.78. The highest BCUT2D eigenvalue weighted by atomic mass is 15.5. The molecule has 5 heteroatoms. The summed E-state index contributed by atoms with van der Waals surface area (Å²) < 4.78 is 1.59. The fraction of sp³-hybridized carbons (Fsp3) is 0.125. The Morgan fingerprint density at radius 1 is 1.31 bits per heavy atom. The largest absolute Gasteiger partial charge is 0.398 e. The first-order valence-corrected chi connectivity index (χ1v) is 3.86. The third kappa shape index (κ3) is 1.24. The summed E-state index contributed by atoms with van der Waals surface area (Å²) >= 11 is 0. The van der Waals surface area contributed by atoms with Crippen LogP contribution in [0.25, 0.3) is 11.4 Å². The Labute approximate surface area is 75.2 Å². The molecule has 2 rings (SSSR count). The normalized spacial score (nSPS) is 10.2. The Morgan fingerprint density at radius 2 is 2.08 bits per heavy atom. The van der Waals surface area contributed by atoms with Crippen LogP contribution in [0.3, 0.4) is 0 Å². The third-order valence-electron chi connectivity index (χ3n) is 1.82. The van der Waals surface area contributed by atoms with E-state index in [9.17, 15) is 0 Å². The molecule has 0 fully saturated rings. The zero-order chi connectivity index (χ0) is 9.26. The van der Waals surface area contributed by atoms with E-state index in [4.69, 9.17) is 5.73 Å². The monoisotopic (exact) mass is 175 g/mol. The van der Waals surface area contributed by atoms with E-state index in [0.717, 1.165) is 5.56 Å². The van der Waals surface area contributed by atoms with E-state index in [1.54, 1.807) is 11.7 Å². The molecule has 13 heavy (non-hydrogen) atoms. The highest BCUT2D eigenvalue weighted by molar-refractivity contribution is 5.70. The van der Waals surface area contributed by atoms with Gasteiger partial charge in [-0.3, -0.25) is 0 Å². The lowest BCUT2D eigenvalue weighted by Gasteiger charge is -2.01. The summed E-state index contributed by atoms with van der Waals surface area (Å²) in [5.74, 6) is 0.679. The van der Waals surface area contributed by atoms with Gasteiger partial charge in [-0.05, 0) is 22.6 Å². The Morgan fingerprint density at radius 3 is 2.69 bits per heavy atom. The Bertz CT molecular complexity index is 420. The molecule has 0 spiro atoms. The van der Waals surface area contributed by atoms with Crippen molar-refractivity contribution in [3.8, 4) is 11.4 Å². The molecular formula is C8H9N5. The first-order chi connectivity index (χ1) is 6.29. The number of anilines is 1. The van der Waals surface area contributed by atoms with Crippen molar-refractivity contribution in [2.45, 2.75) is 0 Å². The lowest BCUT2D eigenvalue weighted by atomic mass is 10.2. The maximum Gasteiger partial charge on any atom is 0.183 e. The molecular weight excluding hydrogens is 166 g/mol. The average molecular weight is 175 g/mol. The highest BCUT2D eigenvalue weighted by Gasteiger charge is 2.07. The lowest BCUT2D eigenvalue weighted by molar-refractivity contribution is 0.715. The number of nitrogens with zero attached hydrogens (tertiary/aromatic N) is 4. The van der Waals surface area contributed by atoms with Gasteiger partial charge in [0.05, 0.1) is 0 Å². The van der Waals surface area contributed by atoms with E-state index in [-0.39, 0.29) is 0 Å². The van der Waals surface area contributed by atoms with Gasteiger partial charge in [-0.15, -0.1) is 5.10 Å². The van der Waals surface area contributed by atoms with Gasteiger partial charge in [-0.2, -0.15) is 0 Å². The molecule has 1 aromatic heterocycles. The van der Waals surface area contributed by atoms with Crippen LogP contribution in [0.2, 0.25) is 0 Å². The van der Waals surface area contributed by atoms with Crippen LogP contribution in [-0.4, -0.2) is 20.2 Å². The van der Waals surface area contributed by atoms with E-state index in [1.807, 2.05) is 24.3 Å². The van der Waals surface area contributed by atoms with Crippen LogP contribution in [0, 0.1) is 0 Å². The van der Waals surface area contributed by atoms with Gasteiger partial charge in [0.15, 0.2) is 5.82 Å². The molecule has 1 aromatic carbocycles. The van der Waals surface area contributed by atoms with Crippen molar-refractivity contribution in [2.24, 2.45) is 7.05 Å². The van der Waals surface area contributed by atoms with Gasteiger partial charge in [0, 0.05) is 18.3 Å². The second kappa shape index (κ2) is 2.85. The Kier molecular flexibility index (Phi) is 1.70. The summed E-state index contributed by atoms with van der Waals surface area (Å²) in [5, 5.41) is 11.1. The van der Waals surface area contributed by atoms with Gasteiger partial charge in [-0.25, -0.2) is 4.68 Å². The summed E-state index contributed by atoms with van der Waals surface area (Å²) in [6.07, 6.45) is 0. The van der Waals surface area contributed by atoms with Crippen LogP contribution in [0.1, 0.15) is 0 Å². The molecule has 1 heterocycles. The van der Waals surface area contributed by atoms with Crippen LogP contribution in [0.4, 0.5) is 5.69 Å². The Balaban J connectivity index is 2.59. The van der Waals surface area contributed by atoms with Crippen LogP contribution in [0.15, 0.2) is 24.3 Å². The van der Waals surface area contributed by atoms with Crippen molar-refractivity contribution in [2.75, 3.05) is 5.73 Å². The minimum absolute atomic E-state index is 0.679. The van der Waals surface area contributed by atoms with Crippen LogP contribution in [0.5, 0.6) is 0 Å². The van der Waals surface area contributed by atoms with E-state index < -0.39 is 0 Å². The summed E-state index contributed by atoms with van der Waals surface area (Å²) in [5.41, 5.74) is 7.31. The van der Waals surface area contributed by atoms with Gasteiger partial charge in [-0.1, -0.05) is 12.1 Å². The average Bonchev–Trinajstić information content (AvgIpc) is 2.52. The number of tetrazole rings is 1. The van der Waals surface area contributed by atoms with Gasteiger partial charge >= 0.3 is 0 Å². The number of aromatic nitrogens is 4. The SMILES string of the molecule is Cn1nnnc1-c1ccccc1N. The quantitative estimate of drug-likeness (QED) is 0.639. The second-order valence-corrected chi connectivity index (χ2v) is 2.71. The molecule has 0 amide bonds. The maximum absolute atomic E-state index is 5.77. The lowest BCUT2D eigenvalue weighted by Crippen LogP contribution is -1.97. The fourth-order valence-corrected chi connectivity index (χ4v) is 1.16. The standard InChI is InChI=1S/C8H9N5/c1-13-8(10-11-12-13)6-4-2-3-5-7(6)9/h2-5H,9H2,1H3. The fourth-order valence-electron chi connectivity index (χ4n) is 1.16. The van der Waals surface area contributed by atoms with Crippen LogP contribution < -0.4 is 5.73 Å². The molecule has 5 nitrogen and oxygen atoms in total. The van der Waals surface area contributed by atoms with E-state index in [2.05, 4.69) is 15.5 Å². The number of aryl methyl sites for hydroxylation is 1.